The fourth-order valence-corrected chi connectivity index (χ4v) is 7.10. The molecule has 21 heavy (non-hydrogen) atoms. The first kappa shape index (κ1) is 15.4. The third-order valence-corrected chi connectivity index (χ3v) is 9.58. The van der Waals surface area contributed by atoms with E-state index in [0.29, 0.717) is 4.21 Å². The van der Waals surface area contributed by atoms with E-state index >= 15 is 0 Å². The van der Waals surface area contributed by atoms with Crippen molar-refractivity contribution < 1.29 is 16.8 Å². The average Bonchev–Trinajstić information content (AvgIpc) is 3.22. The van der Waals surface area contributed by atoms with Crippen molar-refractivity contribution in [2.24, 2.45) is 0 Å². The molecule has 1 saturated heterocycles. The van der Waals surface area contributed by atoms with Crippen molar-refractivity contribution >= 4 is 31.4 Å². The van der Waals surface area contributed by atoms with Crippen LogP contribution in [-0.4, -0.2) is 56.9 Å². The van der Waals surface area contributed by atoms with Crippen LogP contribution in [0, 0.1) is 6.92 Å². The van der Waals surface area contributed by atoms with E-state index in [1.165, 1.54) is 19.9 Å². The van der Waals surface area contributed by atoms with Gasteiger partial charge in [-0.1, -0.05) is 0 Å². The van der Waals surface area contributed by atoms with E-state index in [0.717, 1.165) is 17.7 Å². The first-order chi connectivity index (χ1) is 9.81. The molecule has 0 atom stereocenters. The summed E-state index contributed by atoms with van der Waals surface area (Å²) in [4.78, 5) is 0.948. The molecule has 0 radical (unpaired) electrons. The summed E-state index contributed by atoms with van der Waals surface area (Å²) in [6, 6.07) is 3.40. The summed E-state index contributed by atoms with van der Waals surface area (Å²) in [5, 5.41) is -0.236. The van der Waals surface area contributed by atoms with Crippen molar-refractivity contribution in [1.82, 2.24) is 8.61 Å². The molecule has 2 aliphatic rings. The minimum atomic E-state index is -3.48. The first-order valence-corrected chi connectivity index (χ1v) is 10.6. The van der Waals surface area contributed by atoms with E-state index in [1.54, 1.807) is 12.1 Å². The van der Waals surface area contributed by atoms with E-state index in [-0.39, 0.29) is 31.4 Å². The van der Waals surface area contributed by atoms with Crippen molar-refractivity contribution in [2.75, 3.05) is 26.2 Å². The molecule has 1 aliphatic heterocycles. The van der Waals surface area contributed by atoms with E-state index in [2.05, 4.69) is 0 Å². The van der Waals surface area contributed by atoms with Crippen LogP contribution in [0.2, 0.25) is 0 Å². The third-order valence-electron chi connectivity index (χ3n) is 3.81. The summed E-state index contributed by atoms with van der Waals surface area (Å²) in [6.45, 7) is 2.82. The highest BCUT2D eigenvalue weighted by Crippen LogP contribution is 2.32. The van der Waals surface area contributed by atoms with Crippen molar-refractivity contribution in [3.05, 3.63) is 17.0 Å². The zero-order valence-corrected chi connectivity index (χ0v) is 14.2. The molecule has 6 nitrogen and oxygen atoms in total. The lowest BCUT2D eigenvalue weighted by Gasteiger charge is -2.33. The molecule has 0 amide bonds. The summed E-state index contributed by atoms with van der Waals surface area (Å²) < 4.78 is 52.4. The summed E-state index contributed by atoms with van der Waals surface area (Å²) in [7, 11) is -6.69. The molecule has 1 aromatic rings. The Balaban J connectivity index is 1.71. The maximum atomic E-state index is 12.5. The van der Waals surface area contributed by atoms with Crippen molar-refractivity contribution in [2.45, 2.75) is 29.2 Å². The summed E-state index contributed by atoms with van der Waals surface area (Å²) >= 11 is 1.25. The predicted molar refractivity (Wildman–Crippen MR) is 81.3 cm³/mol. The zero-order valence-electron chi connectivity index (χ0n) is 11.7. The van der Waals surface area contributed by atoms with E-state index in [9.17, 15) is 16.8 Å². The minimum absolute atomic E-state index is 0.227. The molecule has 1 aliphatic carbocycles. The lowest BCUT2D eigenvalue weighted by Crippen LogP contribution is -2.51. The molecule has 0 spiro atoms. The van der Waals surface area contributed by atoms with Gasteiger partial charge in [0.15, 0.2) is 0 Å². The molecule has 1 aromatic heterocycles. The highest BCUT2D eigenvalue weighted by molar-refractivity contribution is 7.91. The average molecular weight is 350 g/mol. The van der Waals surface area contributed by atoms with Crippen LogP contribution in [0.1, 0.15) is 17.7 Å². The Morgan fingerprint density at radius 2 is 1.57 bits per heavy atom. The Morgan fingerprint density at radius 3 is 2.05 bits per heavy atom. The number of hydrogen-bond acceptors (Lipinski definition) is 5. The second kappa shape index (κ2) is 5.31. The van der Waals surface area contributed by atoms with Gasteiger partial charge in [-0.2, -0.15) is 8.61 Å². The van der Waals surface area contributed by atoms with Gasteiger partial charge in [0, 0.05) is 31.1 Å². The SMILES string of the molecule is Cc1ccc(S(=O)(=O)N2CCN(S(=O)(=O)C3CC3)CC2)s1. The largest absolute Gasteiger partial charge is 0.252 e. The highest BCUT2D eigenvalue weighted by atomic mass is 32.2. The van der Waals surface area contributed by atoms with E-state index in [4.69, 9.17) is 0 Å². The summed E-state index contributed by atoms with van der Waals surface area (Å²) in [6.07, 6.45) is 1.46. The molecule has 0 bridgehead atoms. The van der Waals surface area contributed by atoms with Crippen LogP contribution in [0.4, 0.5) is 0 Å². The number of sulfonamides is 2. The zero-order chi connectivity index (χ0) is 15.3. The minimum Gasteiger partial charge on any atom is -0.212 e. The van der Waals surface area contributed by atoms with Crippen LogP contribution in [0.15, 0.2) is 16.3 Å². The molecule has 0 N–H and O–H groups in total. The fourth-order valence-electron chi connectivity index (χ4n) is 2.42. The van der Waals surface area contributed by atoms with Gasteiger partial charge in [-0.3, -0.25) is 0 Å². The van der Waals surface area contributed by atoms with Crippen molar-refractivity contribution in [3.8, 4) is 0 Å². The topological polar surface area (TPSA) is 74.8 Å². The molecule has 0 unspecified atom stereocenters. The number of aryl methyl sites for hydroxylation is 1. The monoisotopic (exact) mass is 350 g/mol. The molecule has 9 heteroatoms. The molecule has 2 heterocycles. The van der Waals surface area contributed by atoms with Crippen LogP contribution in [0.25, 0.3) is 0 Å². The van der Waals surface area contributed by atoms with Gasteiger partial charge in [0.1, 0.15) is 4.21 Å². The fraction of sp³-hybridized carbons (Fsp3) is 0.667. The lowest BCUT2D eigenvalue weighted by atomic mass is 10.4. The maximum Gasteiger partial charge on any atom is 0.252 e. The third kappa shape index (κ3) is 2.89. The molecule has 3 rings (SSSR count). The van der Waals surface area contributed by atoms with Gasteiger partial charge in [0.25, 0.3) is 10.0 Å². The number of nitrogens with zero attached hydrogens (tertiary/aromatic N) is 2. The van der Waals surface area contributed by atoms with Gasteiger partial charge in [0.05, 0.1) is 5.25 Å². The van der Waals surface area contributed by atoms with Gasteiger partial charge in [-0.15, -0.1) is 11.3 Å². The van der Waals surface area contributed by atoms with Gasteiger partial charge in [0.2, 0.25) is 10.0 Å². The lowest BCUT2D eigenvalue weighted by molar-refractivity contribution is 0.273. The van der Waals surface area contributed by atoms with E-state index < -0.39 is 20.0 Å². The molecule has 2 fully saturated rings. The quantitative estimate of drug-likeness (QED) is 0.807. The smallest absolute Gasteiger partial charge is 0.212 e. The van der Waals surface area contributed by atoms with Crippen LogP contribution >= 0.6 is 11.3 Å². The standard InChI is InChI=1S/C12H18N2O4S3/c1-10-2-5-12(19-10)21(17,18)14-8-6-13(7-9-14)20(15,16)11-3-4-11/h2,5,11H,3-4,6-9H2,1H3. The predicted octanol–water partition coefficient (Wildman–Crippen LogP) is 0.855. The second-order valence-electron chi connectivity index (χ2n) is 5.41. The van der Waals surface area contributed by atoms with Gasteiger partial charge < -0.3 is 0 Å². The Morgan fingerprint density at radius 1 is 1.00 bits per heavy atom. The van der Waals surface area contributed by atoms with Gasteiger partial charge >= 0.3 is 0 Å². The van der Waals surface area contributed by atoms with Crippen LogP contribution in [-0.2, 0) is 20.0 Å². The van der Waals surface area contributed by atoms with Crippen molar-refractivity contribution in [1.29, 1.82) is 0 Å². The van der Waals surface area contributed by atoms with Crippen LogP contribution < -0.4 is 0 Å². The highest BCUT2D eigenvalue weighted by Gasteiger charge is 2.42. The van der Waals surface area contributed by atoms with E-state index in [1.807, 2.05) is 6.92 Å². The number of hydrogen-bond donors (Lipinski definition) is 0. The Labute approximate surface area is 129 Å². The first-order valence-electron chi connectivity index (χ1n) is 6.87. The normalized spacial score (nSPS) is 22.5. The van der Waals surface area contributed by atoms with Crippen LogP contribution in [0.5, 0.6) is 0 Å². The summed E-state index contributed by atoms with van der Waals surface area (Å²) in [5.74, 6) is 0. The molecular formula is C12H18N2O4S3. The van der Waals surface area contributed by atoms with Crippen molar-refractivity contribution in [3.63, 3.8) is 0 Å². The Kier molecular flexibility index (Phi) is 3.90. The Hall–Kier alpha value is -0.480. The molecule has 0 aromatic carbocycles. The van der Waals surface area contributed by atoms with Gasteiger partial charge in [-0.25, -0.2) is 16.8 Å². The Bertz CT molecular complexity index is 726. The molecular weight excluding hydrogens is 332 g/mol. The molecule has 1 saturated carbocycles. The van der Waals surface area contributed by atoms with Crippen LogP contribution in [0.3, 0.4) is 0 Å². The molecule has 118 valence electrons. The summed E-state index contributed by atoms with van der Waals surface area (Å²) in [5.41, 5.74) is 0. The number of piperazine rings is 1. The van der Waals surface area contributed by atoms with Gasteiger partial charge in [-0.05, 0) is 31.9 Å². The maximum absolute atomic E-state index is 12.5. The second-order valence-corrected chi connectivity index (χ2v) is 11.1. The number of rotatable bonds is 4. The number of thiophene rings is 1.